The fraction of sp³-hybridized carbons (Fsp3) is 0.857. The van der Waals surface area contributed by atoms with Crippen molar-refractivity contribution in [2.45, 2.75) is 38.8 Å². The molecule has 0 bridgehead atoms. The van der Waals surface area contributed by atoms with Crippen LogP contribution in [0.15, 0.2) is 4.52 Å². The minimum absolute atomic E-state index is 0.0926. The van der Waals surface area contributed by atoms with Gasteiger partial charge in [0.2, 0.25) is 5.89 Å². The first kappa shape index (κ1) is 15.4. The lowest BCUT2D eigenvalue weighted by atomic mass is 10.0. The Balaban J connectivity index is 1.97. The molecule has 0 aliphatic carbocycles. The summed E-state index contributed by atoms with van der Waals surface area (Å²) in [6, 6.07) is 0.308. The molecular formula is C14H27N5O. The Bertz CT molecular complexity index is 419. The van der Waals surface area contributed by atoms with E-state index in [0.717, 1.165) is 31.9 Å². The van der Waals surface area contributed by atoms with Gasteiger partial charge in [-0.05, 0) is 26.4 Å². The van der Waals surface area contributed by atoms with Crippen LogP contribution in [0.2, 0.25) is 0 Å². The van der Waals surface area contributed by atoms with Gasteiger partial charge < -0.3 is 15.2 Å². The third-order valence-corrected chi connectivity index (χ3v) is 3.84. The maximum absolute atomic E-state index is 6.10. The maximum atomic E-state index is 6.10. The largest absolute Gasteiger partial charge is 0.339 e. The molecule has 114 valence electrons. The minimum atomic E-state index is 0.0926. The number of hydrogen-bond acceptors (Lipinski definition) is 6. The fourth-order valence-electron chi connectivity index (χ4n) is 2.69. The van der Waals surface area contributed by atoms with Crippen LogP contribution in [0.5, 0.6) is 0 Å². The van der Waals surface area contributed by atoms with Gasteiger partial charge in [-0.1, -0.05) is 19.0 Å². The van der Waals surface area contributed by atoms with Crippen molar-refractivity contribution in [3.8, 4) is 0 Å². The van der Waals surface area contributed by atoms with Crippen molar-refractivity contribution in [2.24, 2.45) is 11.7 Å². The molecule has 20 heavy (non-hydrogen) atoms. The van der Waals surface area contributed by atoms with Crippen LogP contribution in [0, 0.1) is 5.92 Å². The quantitative estimate of drug-likeness (QED) is 0.865. The normalized spacial score (nSPS) is 23.4. The summed E-state index contributed by atoms with van der Waals surface area (Å²) < 4.78 is 5.37. The topological polar surface area (TPSA) is 71.4 Å². The monoisotopic (exact) mass is 281 g/mol. The number of aromatic nitrogens is 2. The molecule has 1 aliphatic heterocycles. The van der Waals surface area contributed by atoms with Gasteiger partial charge in [-0.15, -0.1) is 0 Å². The van der Waals surface area contributed by atoms with E-state index in [4.69, 9.17) is 10.3 Å². The van der Waals surface area contributed by atoms with Crippen LogP contribution in [0.1, 0.15) is 38.0 Å². The summed E-state index contributed by atoms with van der Waals surface area (Å²) in [4.78, 5) is 9.12. The molecular weight excluding hydrogens is 254 g/mol. The zero-order valence-electron chi connectivity index (χ0n) is 13.0. The molecule has 2 heterocycles. The molecule has 2 atom stereocenters. The van der Waals surface area contributed by atoms with E-state index in [0.29, 0.717) is 18.2 Å². The third kappa shape index (κ3) is 4.01. The van der Waals surface area contributed by atoms with Gasteiger partial charge in [0.05, 0.1) is 6.04 Å². The van der Waals surface area contributed by atoms with Crippen LogP contribution in [-0.4, -0.2) is 59.7 Å². The first-order valence-corrected chi connectivity index (χ1v) is 7.42. The van der Waals surface area contributed by atoms with Crippen molar-refractivity contribution in [1.29, 1.82) is 0 Å². The molecule has 1 aliphatic rings. The second kappa shape index (κ2) is 6.65. The summed E-state index contributed by atoms with van der Waals surface area (Å²) in [7, 11) is 4.23. The van der Waals surface area contributed by atoms with Crippen LogP contribution in [0.4, 0.5) is 0 Å². The highest BCUT2D eigenvalue weighted by Crippen LogP contribution is 2.21. The van der Waals surface area contributed by atoms with Gasteiger partial charge in [0.25, 0.3) is 0 Å². The number of nitrogens with two attached hydrogens (primary N) is 1. The van der Waals surface area contributed by atoms with Gasteiger partial charge in [0.1, 0.15) is 0 Å². The van der Waals surface area contributed by atoms with Crippen molar-refractivity contribution in [3.05, 3.63) is 11.7 Å². The molecule has 0 amide bonds. The Labute approximate surface area is 121 Å². The average Bonchev–Trinajstić information content (AvgIpc) is 2.79. The van der Waals surface area contributed by atoms with E-state index in [1.807, 2.05) is 0 Å². The summed E-state index contributed by atoms with van der Waals surface area (Å²) in [6.45, 7) is 7.39. The molecule has 2 unspecified atom stereocenters. The van der Waals surface area contributed by atoms with E-state index in [1.54, 1.807) is 0 Å². The Hall–Kier alpha value is -0.980. The fourth-order valence-corrected chi connectivity index (χ4v) is 2.69. The highest BCUT2D eigenvalue weighted by molar-refractivity contribution is 4.98. The minimum Gasteiger partial charge on any atom is -0.339 e. The Kier molecular flexibility index (Phi) is 5.12. The standard InChI is InChI=1S/C14H27N5O/c1-10(2)7-11(15)8-13-16-14(17-20-13)12-9-18(3)5-6-19(12)4/h10-12H,5-9,15H2,1-4H3. The van der Waals surface area contributed by atoms with Gasteiger partial charge in [0.15, 0.2) is 5.82 Å². The number of rotatable bonds is 5. The van der Waals surface area contributed by atoms with E-state index >= 15 is 0 Å². The Morgan fingerprint density at radius 2 is 2.10 bits per heavy atom. The second-order valence-electron chi connectivity index (χ2n) is 6.40. The number of likely N-dealkylation sites (N-methyl/N-ethyl adjacent to an activating group) is 2. The molecule has 0 aromatic carbocycles. The summed E-state index contributed by atoms with van der Waals surface area (Å²) in [5.41, 5.74) is 6.10. The van der Waals surface area contributed by atoms with Gasteiger partial charge in [-0.2, -0.15) is 4.98 Å². The molecule has 0 spiro atoms. The Morgan fingerprint density at radius 1 is 1.35 bits per heavy atom. The molecule has 2 rings (SSSR count). The van der Waals surface area contributed by atoms with Crippen LogP contribution >= 0.6 is 0 Å². The first-order valence-electron chi connectivity index (χ1n) is 7.42. The van der Waals surface area contributed by atoms with Crippen molar-refractivity contribution in [1.82, 2.24) is 19.9 Å². The zero-order chi connectivity index (χ0) is 14.7. The van der Waals surface area contributed by atoms with Gasteiger partial charge >= 0.3 is 0 Å². The van der Waals surface area contributed by atoms with Crippen LogP contribution in [0.3, 0.4) is 0 Å². The lowest BCUT2D eigenvalue weighted by molar-refractivity contribution is 0.108. The smallest absolute Gasteiger partial charge is 0.228 e. The van der Waals surface area contributed by atoms with Crippen molar-refractivity contribution < 1.29 is 4.52 Å². The number of piperazine rings is 1. The summed E-state index contributed by atoms with van der Waals surface area (Å²) >= 11 is 0. The molecule has 1 aromatic rings. The molecule has 0 saturated carbocycles. The van der Waals surface area contributed by atoms with E-state index in [-0.39, 0.29) is 12.1 Å². The first-order chi connectivity index (χ1) is 9.45. The van der Waals surface area contributed by atoms with E-state index in [1.165, 1.54) is 0 Å². The maximum Gasteiger partial charge on any atom is 0.228 e. The van der Waals surface area contributed by atoms with E-state index in [2.05, 4.69) is 47.9 Å². The van der Waals surface area contributed by atoms with Crippen molar-refractivity contribution >= 4 is 0 Å². The molecule has 1 aromatic heterocycles. The van der Waals surface area contributed by atoms with Gasteiger partial charge in [-0.3, -0.25) is 4.90 Å². The lowest BCUT2D eigenvalue weighted by Crippen LogP contribution is -2.45. The van der Waals surface area contributed by atoms with Crippen LogP contribution < -0.4 is 5.73 Å². The van der Waals surface area contributed by atoms with Crippen LogP contribution in [-0.2, 0) is 6.42 Å². The predicted octanol–water partition coefficient (Wildman–Crippen LogP) is 0.904. The van der Waals surface area contributed by atoms with Gasteiger partial charge in [-0.25, -0.2) is 0 Å². The SMILES string of the molecule is CC(C)CC(N)Cc1nc(C2CN(C)CCN2C)no1. The lowest BCUT2D eigenvalue weighted by Gasteiger charge is -2.35. The van der Waals surface area contributed by atoms with E-state index < -0.39 is 0 Å². The summed E-state index contributed by atoms with van der Waals surface area (Å²) in [5.74, 6) is 2.03. The predicted molar refractivity (Wildman–Crippen MR) is 78.3 cm³/mol. The molecule has 0 radical (unpaired) electrons. The summed E-state index contributed by atoms with van der Waals surface area (Å²) in [5, 5.41) is 4.15. The van der Waals surface area contributed by atoms with E-state index in [9.17, 15) is 0 Å². The molecule has 6 heteroatoms. The molecule has 6 nitrogen and oxygen atoms in total. The molecule has 1 saturated heterocycles. The van der Waals surface area contributed by atoms with Crippen molar-refractivity contribution in [2.75, 3.05) is 33.7 Å². The Morgan fingerprint density at radius 3 is 2.80 bits per heavy atom. The zero-order valence-corrected chi connectivity index (χ0v) is 13.0. The summed E-state index contributed by atoms with van der Waals surface area (Å²) in [6.07, 6.45) is 1.64. The molecule has 1 fully saturated rings. The second-order valence-corrected chi connectivity index (χ2v) is 6.40. The molecule has 2 N–H and O–H groups in total. The highest BCUT2D eigenvalue weighted by atomic mass is 16.5. The number of nitrogens with zero attached hydrogens (tertiary/aromatic N) is 4. The van der Waals surface area contributed by atoms with Gasteiger partial charge in [0, 0.05) is 32.1 Å². The van der Waals surface area contributed by atoms with Crippen LogP contribution in [0.25, 0.3) is 0 Å². The highest BCUT2D eigenvalue weighted by Gasteiger charge is 2.28. The number of hydrogen-bond donors (Lipinski definition) is 1. The third-order valence-electron chi connectivity index (χ3n) is 3.84. The van der Waals surface area contributed by atoms with Crippen molar-refractivity contribution in [3.63, 3.8) is 0 Å². The average molecular weight is 281 g/mol.